The van der Waals surface area contributed by atoms with E-state index in [1.807, 2.05) is 28.7 Å². The number of nitrogens with zero attached hydrogens (tertiary/aromatic N) is 5. The van der Waals surface area contributed by atoms with Crippen molar-refractivity contribution in [2.45, 2.75) is 38.9 Å². The monoisotopic (exact) mass is 373 g/mol. The Morgan fingerprint density at radius 1 is 1.04 bits per heavy atom. The third-order valence-electron chi connectivity index (χ3n) is 5.61. The van der Waals surface area contributed by atoms with Crippen molar-refractivity contribution in [3.63, 3.8) is 0 Å². The van der Waals surface area contributed by atoms with Crippen LogP contribution < -0.4 is 5.56 Å². The van der Waals surface area contributed by atoms with E-state index in [0.717, 1.165) is 17.9 Å². The molecule has 0 unspecified atom stereocenters. The van der Waals surface area contributed by atoms with Gasteiger partial charge < -0.3 is 0 Å². The van der Waals surface area contributed by atoms with E-state index in [4.69, 9.17) is 0 Å². The molecule has 5 rings (SSSR count). The van der Waals surface area contributed by atoms with Crippen LogP contribution in [0.2, 0.25) is 0 Å². The van der Waals surface area contributed by atoms with E-state index in [1.165, 1.54) is 24.0 Å². The molecule has 2 aromatic carbocycles. The molecule has 0 aliphatic heterocycles. The average molecular weight is 373 g/mol. The lowest BCUT2D eigenvalue weighted by Gasteiger charge is -2.21. The van der Waals surface area contributed by atoms with Crippen LogP contribution in [0.15, 0.2) is 53.3 Å². The molecule has 6 heteroatoms. The van der Waals surface area contributed by atoms with Crippen LogP contribution in [0.4, 0.5) is 0 Å². The lowest BCUT2D eigenvalue weighted by molar-refractivity contribution is 0.239. The molecule has 2 heterocycles. The highest BCUT2D eigenvalue weighted by Crippen LogP contribution is 2.30. The number of aromatic nitrogens is 4. The van der Waals surface area contributed by atoms with Gasteiger partial charge in [0, 0.05) is 19.6 Å². The van der Waals surface area contributed by atoms with Gasteiger partial charge in [-0.25, -0.2) is 0 Å². The van der Waals surface area contributed by atoms with Crippen molar-refractivity contribution >= 4 is 16.7 Å². The molecule has 0 radical (unpaired) electrons. The number of hydrogen-bond acceptors (Lipinski definition) is 4. The Hall–Kier alpha value is -2.99. The van der Waals surface area contributed by atoms with Crippen LogP contribution in [0.3, 0.4) is 0 Å². The molecule has 4 aromatic rings. The Kier molecular flexibility index (Phi) is 4.02. The summed E-state index contributed by atoms with van der Waals surface area (Å²) in [7, 11) is 1.76. The van der Waals surface area contributed by atoms with Crippen molar-refractivity contribution in [2.75, 3.05) is 0 Å². The lowest BCUT2D eigenvalue weighted by Crippen LogP contribution is -2.27. The van der Waals surface area contributed by atoms with E-state index in [9.17, 15) is 4.79 Å². The van der Waals surface area contributed by atoms with Crippen LogP contribution in [0.1, 0.15) is 29.8 Å². The molecule has 0 amide bonds. The fourth-order valence-electron chi connectivity index (χ4n) is 3.86. The molecule has 1 aliphatic rings. The molecule has 1 saturated carbocycles. The van der Waals surface area contributed by atoms with Crippen molar-refractivity contribution in [3.05, 3.63) is 75.8 Å². The third kappa shape index (κ3) is 2.90. The maximum absolute atomic E-state index is 12.6. The van der Waals surface area contributed by atoms with Gasteiger partial charge >= 0.3 is 0 Å². The molecule has 0 N–H and O–H groups in total. The van der Waals surface area contributed by atoms with Gasteiger partial charge in [0.25, 0.3) is 5.56 Å². The van der Waals surface area contributed by atoms with Gasteiger partial charge in [-0.1, -0.05) is 42.0 Å². The summed E-state index contributed by atoms with van der Waals surface area (Å²) in [5.41, 5.74) is 3.41. The summed E-state index contributed by atoms with van der Waals surface area (Å²) in [5, 5.41) is 9.48. The first-order valence-corrected chi connectivity index (χ1v) is 9.73. The van der Waals surface area contributed by atoms with E-state index in [1.54, 1.807) is 11.6 Å². The minimum atomic E-state index is -0.0410. The zero-order chi connectivity index (χ0) is 19.3. The molecule has 28 heavy (non-hydrogen) atoms. The number of para-hydroxylation sites is 1. The van der Waals surface area contributed by atoms with E-state index in [0.29, 0.717) is 23.8 Å². The summed E-state index contributed by atoms with van der Waals surface area (Å²) in [4.78, 5) is 15.1. The standard InChI is InChI=1S/C22H23N5O/c1-15-7-9-16(10-8-15)13-26(17-11-12-17)14-20-23-24-22-25(2)21(28)18-5-3-4-6-19(18)27(20)22/h3-10,17H,11-14H2,1-2H3. The van der Waals surface area contributed by atoms with E-state index in [2.05, 4.69) is 46.3 Å². The smallest absolute Gasteiger partial charge is 0.262 e. The Bertz CT molecular complexity index is 1220. The number of aryl methyl sites for hydroxylation is 2. The van der Waals surface area contributed by atoms with Crippen molar-refractivity contribution in [3.8, 4) is 0 Å². The average Bonchev–Trinajstić information content (AvgIpc) is 3.48. The highest BCUT2D eigenvalue weighted by Gasteiger charge is 2.30. The first kappa shape index (κ1) is 17.1. The molecule has 142 valence electrons. The SMILES string of the molecule is Cc1ccc(CN(Cc2nnc3n(C)c(=O)c4ccccc4n23)C2CC2)cc1. The van der Waals surface area contributed by atoms with Gasteiger partial charge in [0.15, 0.2) is 5.82 Å². The minimum Gasteiger partial charge on any atom is -0.289 e. The summed E-state index contributed by atoms with van der Waals surface area (Å²) in [6.07, 6.45) is 2.45. The number of rotatable bonds is 5. The fraction of sp³-hybridized carbons (Fsp3) is 0.318. The first-order chi connectivity index (χ1) is 13.6. The topological polar surface area (TPSA) is 55.4 Å². The largest absolute Gasteiger partial charge is 0.289 e. The fourth-order valence-corrected chi connectivity index (χ4v) is 3.86. The number of benzene rings is 2. The minimum absolute atomic E-state index is 0.0410. The van der Waals surface area contributed by atoms with Crippen LogP contribution in [0.25, 0.3) is 16.7 Å². The third-order valence-corrected chi connectivity index (χ3v) is 5.61. The van der Waals surface area contributed by atoms with Gasteiger partial charge in [-0.3, -0.25) is 18.7 Å². The molecular weight excluding hydrogens is 350 g/mol. The second-order valence-electron chi connectivity index (χ2n) is 7.75. The maximum Gasteiger partial charge on any atom is 0.262 e. The second-order valence-corrected chi connectivity index (χ2v) is 7.75. The molecule has 0 saturated heterocycles. The molecular formula is C22H23N5O. The molecule has 2 aromatic heterocycles. The summed E-state index contributed by atoms with van der Waals surface area (Å²) in [6.45, 7) is 3.71. The maximum atomic E-state index is 12.6. The van der Waals surface area contributed by atoms with Crippen LogP contribution in [0, 0.1) is 6.92 Å². The summed E-state index contributed by atoms with van der Waals surface area (Å²) < 4.78 is 3.61. The summed E-state index contributed by atoms with van der Waals surface area (Å²) in [6, 6.07) is 17.0. The first-order valence-electron chi connectivity index (χ1n) is 9.73. The molecule has 0 spiro atoms. The van der Waals surface area contributed by atoms with Gasteiger partial charge in [0.05, 0.1) is 17.4 Å². The highest BCUT2D eigenvalue weighted by molar-refractivity contribution is 5.80. The van der Waals surface area contributed by atoms with Gasteiger partial charge in [0.2, 0.25) is 5.78 Å². The zero-order valence-electron chi connectivity index (χ0n) is 16.2. The van der Waals surface area contributed by atoms with Crippen LogP contribution in [-0.4, -0.2) is 30.1 Å². The number of hydrogen-bond donors (Lipinski definition) is 0. The Morgan fingerprint density at radius 3 is 2.54 bits per heavy atom. The van der Waals surface area contributed by atoms with Gasteiger partial charge in [-0.2, -0.15) is 0 Å². The zero-order valence-corrected chi connectivity index (χ0v) is 16.2. The van der Waals surface area contributed by atoms with Gasteiger partial charge in [-0.15, -0.1) is 10.2 Å². The van der Waals surface area contributed by atoms with Crippen LogP contribution >= 0.6 is 0 Å². The normalized spacial score (nSPS) is 14.4. The van der Waals surface area contributed by atoms with Crippen molar-refractivity contribution in [2.24, 2.45) is 7.05 Å². The predicted molar refractivity (Wildman–Crippen MR) is 109 cm³/mol. The van der Waals surface area contributed by atoms with Crippen LogP contribution in [0.5, 0.6) is 0 Å². The van der Waals surface area contributed by atoms with E-state index in [-0.39, 0.29) is 5.56 Å². The van der Waals surface area contributed by atoms with Gasteiger partial charge in [0.1, 0.15) is 0 Å². The summed E-state index contributed by atoms with van der Waals surface area (Å²) in [5.74, 6) is 1.46. The van der Waals surface area contributed by atoms with Crippen molar-refractivity contribution in [1.82, 2.24) is 24.1 Å². The molecule has 1 aliphatic carbocycles. The Balaban J connectivity index is 1.57. The predicted octanol–water partition coefficient (Wildman–Crippen LogP) is 3.05. The summed E-state index contributed by atoms with van der Waals surface area (Å²) >= 11 is 0. The Labute approximate surface area is 163 Å². The van der Waals surface area contributed by atoms with Crippen molar-refractivity contribution in [1.29, 1.82) is 0 Å². The van der Waals surface area contributed by atoms with E-state index >= 15 is 0 Å². The lowest BCUT2D eigenvalue weighted by atomic mass is 10.1. The van der Waals surface area contributed by atoms with E-state index < -0.39 is 0 Å². The quantitative estimate of drug-likeness (QED) is 0.540. The van der Waals surface area contributed by atoms with Gasteiger partial charge in [-0.05, 0) is 37.5 Å². The highest BCUT2D eigenvalue weighted by atomic mass is 16.1. The molecule has 0 atom stereocenters. The molecule has 0 bridgehead atoms. The Morgan fingerprint density at radius 2 is 1.79 bits per heavy atom. The number of fused-ring (bicyclic) bond motifs is 3. The van der Waals surface area contributed by atoms with Crippen LogP contribution in [-0.2, 0) is 20.1 Å². The molecule has 1 fully saturated rings. The van der Waals surface area contributed by atoms with Crippen molar-refractivity contribution < 1.29 is 0 Å². The second kappa shape index (κ2) is 6.56. The molecule has 6 nitrogen and oxygen atoms in total.